The van der Waals surface area contributed by atoms with Gasteiger partial charge in [0.25, 0.3) is 11.8 Å². The van der Waals surface area contributed by atoms with E-state index in [0.717, 1.165) is 0 Å². The summed E-state index contributed by atoms with van der Waals surface area (Å²) in [6.45, 7) is 2.05. The number of hydrogen-bond donors (Lipinski definition) is 1. The minimum Gasteiger partial charge on any atom is -0.493 e. The second-order valence-corrected chi connectivity index (χ2v) is 5.22. The van der Waals surface area contributed by atoms with Crippen LogP contribution in [0.15, 0.2) is 18.2 Å². The average molecular weight is 334 g/mol. The lowest BCUT2D eigenvalue weighted by atomic mass is 10.1. The summed E-state index contributed by atoms with van der Waals surface area (Å²) in [7, 11) is 0. The van der Waals surface area contributed by atoms with Gasteiger partial charge < -0.3 is 15.3 Å². The highest BCUT2D eigenvalue weighted by Gasteiger charge is 2.33. The maximum Gasteiger partial charge on any atom is 0.367 e. The zero-order valence-corrected chi connectivity index (χ0v) is 13.2. The van der Waals surface area contributed by atoms with Crippen LogP contribution in [-0.4, -0.2) is 41.8 Å². The minimum atomic E-state index is -0.940. The van der Waals surface area contributed by atoms with Crippen LogP contribution in [0, 0.1) is 0 Å². The molecular weight excluding hydrogens is 316 g/mol. The molecular formula is C16H18N2O6. The average Bonchev–Trinajstić information content (AvgIpc) is 2.87. The van der Waals surface area contributed by atoms with Gasteiger partial charge in [-0.25, -0.2) is 4.79 Å². The third-order valence-corrected chi connectivity index (χ3v) is 3.39. The number of nitrogens with zero attached hydrogens (tertiary/aromatic N) is 1. The first-order valence-corrected chi connectivity index (χ1v) is 7.50. The van der Waals surface area contributed by atoms with Gasteiger partial charge in [-0.15, -0.1) is 5.06 Å². The van der Waals surface area contributed by atoms with Crippen molar-refractivity contribution in [3.05, 3.63) is 29.3 Å². The molecule has 128 valence electrons. The van der Waals surface area contributed by atoms with Crippen LogP contribution in [0.25, 0.3) is 0 Å². The van der Waals surface area contributed by atoms with Crippen LogP contribution in [0.4, 0.5) is 0 Å². The third-order valence-electron chi connectivity index (χ3n) is 3.39. The molecule has 8 nitrogen and oxygen atoms in total. The standard InChI is InChI=1S/C16H18N2O6/c1-10(19)11-3-4-13(23-8-2-7-17)12(9-11)16(22)24-18-14(20)5-6-15(18)21/h3-4,9H,2,5-8,17H2,1H3. The molecule has 2 N–H and O–H groups in total. The summed E-state index contributed by atoms with van der Waals surface area (Å²) in [6, 6.07) is 4.30. The molecule has 1 aromatic carbocycles. The zero-order valence-electron chi connectivity index (χ0n) is 13.2. The van der Waals surface area contributed by atoms with Crippen LogP contribution in [0.2, 0.25) is 0 Å². The molecule has 0 aromatic heterocycles. The monoisotopic (exact) mass is 334 g/mol. The number of carbonyl (C=O) groups excluding carboxylic acids is 4. The normalized spacial score (nSPS) is 14.0. The molecule has 0 aliphatic carbocycles. The van der Waals surface area contributed by atoms with Gasteiger partial charge in [-0.1, -0.05) is 0 Å². The number of nitrogens with two attached hydrogens (primary N) is 1. The number of Topliss-reactive ketones (excluding diaryl/α,β-unsaturated/α-hetero) is 1. The molecule has 1 saturated heterocycles. The van der Waals surface area contributed by atoms with E-state index in [1.807, 2.05) is 0 Å². The predicted molar refractivity (Wildman–Crippen MR) is 82.1 cm³/mol. The fourth-order valence-electron chi connectivity index (χ4n) is 2.09. The summed E-state index contributed by atoms with van der Waals surface area (Å²) >= 11 is 0. The van der Waals surface area contributed by atoms with Gasteiger partial charge in [-0.3, -0.25) is 14.4 Å². The molecule has 0 spiro atoms. The van der Waals surface area contributed by atoms with Crippen molar-refractivity contribution in [3.8, 4) is 5.75 Å². The smallest absolute Gasteiger partial charge is 0.367 e. The first-order valence-electron chi connectivity index (χ1n) is 7.50. The van der Waals surface area contributed by atoms with Crippen LogP contribution < -0.4 is 10.5 Å². The second-order valence-electron chi connectivity index (χ2n) is 5.22. The summed E-state index contributed by atoms with van der Waals surface area (Å²) in [5.74, 6) is -2.16. The molecule has 0 bridgehead atoms. The highest BCUT2D eigenvalue weighted by Crippen LogP contribution is 2.23. The lowest BCUT2D eigenvalue weighted by Crippen LogP contribution is -2.32. The van der Waals surface area contributed by atoms with E-state index in [1.54, 1.807) is 0 Å². The Hall–Kier alpha value is -2.74. The summed E-state index contributed by atoms with van der Waals surface area (Å²) in [5, 5.41) is 0.451. The summed E-state index contributed by atoms with van der Waals surface area (Å²) in [6.07, 6.45) is 0.574. The number of hydroxylamine groups is 2. The van der Waals surface area contributed by atoms with Crippen molar-refractivity contribution in [3.63, 3.8) is 0 Å². The number of imide groups is 1. The minimum absolute atomic E-state index is 0.000540. The highest BCUT2D eigenvalue weighted by atomic mass is 16.7. The molecule has 2 amide bonds. The summed E-state index contributed by atoms with van der Waals surface area (Å²) < 4.78 is 5.47. The van der Waals surface area contributed by atoms with E-state index in [9.17, 15) is 19.2 Å². The molecule has 0 saturated carbocycles. The van der Waals surface area contributed by atoms with Gasteiger partial charge >= 0.3 is 5.97 Å². The maximum atomic E-state index is 12.3. The van der Waals surface area contributed by atoms with Gasteiger partial charge in [0, 0.05) is 18.4 Å². The van der Waals surface area contributed by atoms with Crippen molar-refractivity contribution >= 4 is 23.6 Å². The number of hydrogen-bond acceptors (Lipinski definition) is 7. The fourth-order valence-corrected chi connectivity index (χ4v) is 2.09. The second kappa shape index (κ2) is 7.69. The molecule has 1 aromatic rings. The number of benzene rings is 1. The Bertz CT molecular complexity index is 669. The van der Waals surface area contributed by atoms with Crippen LogP contribution in [0.5, 0.6) is 5.75 Å². The number of ether oxygens (including phenoxy) is 1. The van der Waals surface area contributed by atoms with Gasteiger partial charge in [0.15, 0.2) is 5.78 Å². The highest BCUT2D eigenvalue weighted by molar-refractivity contribution is 6.04. The van der Waals surface area contributed by atoms with Gasteiger partial charge in [0.1, 0.15) is 11.3 Å². The lowest BCUT2D eigenvalue weighted by Gasteiger charge is -2.15. The van der Waals surface area contributed by atoms with E-state index >= 15 is 0 Å². The maximum absolute atomic E-state index is 12.3. The van der Waals surface area contributed by atoms with Crippen molar-refractivity contribution in [2.75, 3.05) is 13.2 Å². The largest absolute Gasteiger partial charge is 0.493 e. The van der Waals surface area contributed by atoms with Crippen molar-refractivity contribution in [1.29, 1.82) is 0 Å². The lowest BCUT2D eigenvalue weighted by molar-refractivity contribution is -0.172. The van der Waals surface area contributed by atoms with Gasteiger partial charge in [0.05, 0.1) is 6.61 Å². The van der Waals surface area contributed by atoms with E-state index in [-0.39, 0.29) is 42.1 Å². The SMILES string of the molecule is CC(=O)c1ccc(OCCCN)c(C(=O)ON2C(=O)CCC2=O)c1. The summed E-state index contributed by atoms with van der Waals surface area (Å²) in [5.41, 5.74) is 5.65. The molecule has 1 fully saturated rings. The summed E-state index contributed by atoms with van der Waals surface area (Å²) in [4.78, 5) is 51.8. The van der Waals surface area contributed by atoms with Crippen LogP contribution in [-0.2, 0) is 14.4 Å². The fraction of sp³-hybridized carbons (Fsp3) is 0.375. The van der Waals surface area contributed by atoms with Gasteiger partial charge in [-0.2, -0.15) is 0 Å². The van der Waals surface area contributed by atoms with Crippen LogP contribution in [0.1, 0.15) is 46.9 Å². The van der Waals surface area contributed by atoms with E-state index in [2.05, 4.69) is 0 Å². The molecule has 1 aliphatic heterocycles. The first-order chi connectivity index (χ1) is 11.4. The Morgan fingerprint density at radius 3 is 2.46 bits per heavy atom. The number of rotatable bonds is 7. The van der Waals surface area contributed by atoms with E-state index in [0.29, 0.717) is 18.0 Å². The third kappa shape index (κ3) is 3.96. The topological polar surface area (TPSA) is 116 Å². The predicted octanol–water partition coefficient (Wildman–Crippen LogP) is 0.838. The number of carbonyl (C=O) groups is 4. The Morgan fingerprint density at radius 1 is 1.21 bits per heavy atom. The van der Waals surface area contributed by atoms with Crippen molar-refractivity contribution in [2.45, 2.75) is 26.2 Å². The number of amides is 2. The Morgan fingerprint density at radius 2 is 1.88 bits per heavy atom. The first kappa shape index (κ1) is 17.6. The molecule has 8 heteroatoms. The van der Waals surface area contributed by atoms with Crippen molar-refractivity contribution in [1.82, 2.24) is 5.06 Å². The van der Waals surface area contributed by atoms with Crippen molar-refractivity contribution < 1.29 is 28.8 Å². The van der Waals surface area contributed by atoms with Crippen LogP contribution >= 0.6 is 0 Å². The molecule has 24 heavy (non-hydrogen) atoms. The zero-order chi connectivity index (χ0) is 17.7. The van der Waals surface area contributed by atoms with Gasteiger partial charge in [-0.05, 0) is 38.1 Å². The molecule has 0 unspecified atom stereocenters. The number of ketones is 1. The van der Waals surface area contributed by atoms with E-state index in [4.69, 9.17) is 15.3 Å². The van der Waals surface area contributed by atoms with Crippen molar-refractivity contribution in [2.24, 2.45) is 5.73 Å². The van der Waals surface area contributed by atoms with E-state index in [1.165, 1.54) is 25.1 Å². The van der Waals surface area contributed by atoms with Gasteiger partial charge in [0.2, 0.25) is 0 Å². The molecule has 1 heterocycles. The molecule has 2 rings (SSSR count). The van der Waals surface area contributed by atoms with E-state index < -0.39 is 17.8 Å². The molecule has 0 radical (unpaired) electrons. The molecule has 1 aliphatic rings. The quantitative estimate of drug-likeness (QED) is 0.446. The van der Waals surface area contributed by atoms with Crippen LogP contribution in [0.3, 0.4) is 0 Å². The Labute approximate surface area is 138 Å². The Kier molecular flexibility index (Phi) is 5.64. The molecule has 0 atom stereocenters. The Balaban J connectivity index is 2.25.